The van der Waals surface area contributed by atoms with Gasteiger partial charge in [0.1, 0.15) is 0 Å². The van der Waals surface area contributed by atoms with Crippen molar-refractivity contribution in [3.8, 4) is 0 Å². The minimum atomic E-state index is 1.07. The zero-order chi connectivity index (χ0) is 7.28. The smallest absolute Gasteiger partial charge is 0.00596 e. The van der Waals surface area contributed by atoms with E-state index in [9.17, 15) is 0 Å². The lowest BCUT2D eigenvalue weighted by Gasteiger charge is -1.97. The highest BCUT2D eigenvalue weighted by atomic mass is 14.5. The first-order chi connectivity index (χ1) is 4.22. The van der Waals surface area contributed by atoms with Gasteiger partial charge in [0.05, 0.1) is 0 Å². The average Bonchev–Trinajstić information content (AvgIpc) is 1.82. The zero-order valence-electron chi connectivity index (χ0n) is 6.44. The third-order valence-corrected chi connectivity index (χ3v) is 1.32. The quantitative estimate of drug-likeness (QED) is 0.562. The lowest BCUT2D eigenvalue weighted by Crippen LogP contribution is -1.82. The fraction of sp³-hybridized carbons (Fsp3) is 0.500. The molecule has 0 heterocycles. The van der Waals surface area contributed by atoms with Gasteiger partial charge in [0.2, 0.25) is 0 Å². The average molecular weight is 125 g/mol. The molecule has 0 aromatic heterocycles. The van der Waals surface area contributed by atoms with Gasteiger partial charge in [0, 0.05) is 0 Å². The van der Waals surface area contributed by atoms with E-state index in [4.69, 9.17) is 5.73 Å². The lowest BCUT2D eigenvalue weighted by molar-refractivity contribution is 1.10. The summed E-state index contributed by atoms with van der Waals surface area (Å²) in [5.41, 5.74) is 7.91. The summed E-state index contributed by atoms with van der Waals surface area (Å²) < 4.78 is 0. The van der Waals surface area contributed by atoms with Crippen LogP contribution in [0, 0.1) is 0 Å². The number of nitrogens with two attached hydrogens (primary N) is 1. The van der Waals surface area contributed by atoms with Crippen LogP contribution in [0.25, 0.3) is 0 Å². The fourth-order valence-corrected chi connectivity index (χ4v) is 0.754. The highest BCUT2D eigenvalue weighted by molar-refractivity contribution is 5.22. The maximum atomic E-state index is 5.23. The van der Waals surface area contributed by atoms with E-state index >= 15 is 0 Å². The third kappa shape index (κ3) is 2.96. The summed E-state index contributed by atoms with van der Waals surface area (Å²) in [5, 5.41) is 0. The van der Waals surface area contributed by atoms with E-state index in [1.165, 1.54) is 11.1 Å². The molecule has 0 aromatic carbocycles. The summed E-state index contributed by atoms with van der Waals surface area (Å²) in [5.74, 6) is 0. The molecule has 0 unspecified atom stereocenters. The monoisotopic (exact) mass is 125 g/mol. The van der Waals surface area contributed by atoms with Gasteiger partial charge in [-0.15, -0.1) is 0 Å². The third-order valence-electron chi connectivity index (χ3n) is 1.32. The van der Waals surface area contributed by atoms with Crippen molar-refractivity contribution in [1.29, 1.82) is 0 Å². The maximum Gasteiger partial charge on any atom is -0.00596 e. The van der Waals surface area contributed by atoms with Gasteiger partial charge in [-0.1, -0.05) is 12.5 Å². The highest BCUT2D eigenvalue weighted by Crippen LogP contribution is 2.07. The van der Waals surface area contributed by atoms with Crippen LogP contribution < -0.4 is 5.73 Å². The predicted octanol–water partition coefficient (Wildman–Crippen LogP) is 2.21. The predicted molar refractivity (Wildman–Crippen MR) is 42.0 cm³/mol. The van der Waals surface area contributed by atoms with Crippen molar-refractivity contribution in [2.75, 3.05) is 0 Å². The summed E-state index contributed by atoms with van der Waals surface area (Å²) in [4.78, 5) is 0. The van der Waals surface area contributed by atoms with Gasteiger partial charge in [-0.25, -0.2) is 0 Å². The molecule has 1 nitrogen and oxygen atoms in total. The van der Waals surface area contributed by atoms with Crippen molar-refractivity contribution in [3.63, 3.8) is 0 Å². The van der Waals surface area contributed by atoms with Gasteiger partial charge in [-0.05, 0) is 38.1 Å². The molecule has 0 amide bonds. The lowest BCUT2D eigenvalue weighted by atomic mass is 10.1. The van der Waals surface area contributed by atoms with Gasteiger partial charge in [0.15, 0.2) is 0 Å². The van der Waals surface area contributed by atoms with E-state index in [0.717, 1.165) is 6.42 Å². The van der Waals surface area contributed by atoms with Gasteiger partial charge < -0.3 is 5.73 Å². The maximum absolute atomic E-state index is 5.23. The Morgan fingerprint density at radius 1 is 1.44 bits per heavy atom. The topological polar surface area (TPSA) is 26.0 Å². The van der Waals surface area contributed by atoms with Crippen LogP contribution in [0.3, 0.4) is 0 Å². The molecule has 0 rings (SSSR count). The van der Waals surface area contributed by atoms with Crippen LogP contribution in [0.1, 0.15) is 27.2 Å². The molecule has 0 aliphatic heterocycles. The fourth-order valence-electron chi connectivity index (χ4n) is 0.754. The first-order valence-corrected chi connectivity index (χ1v) is 3.27. The van der Waals surface area contributed by atoms with E-state index in [2.05, 4.69) is 20.8 Å². The van der Waals surface area contributed by atoms with Crippen molar-refractivity contribution >= 4 is 0 Å². The molecule has 52 valence electrons. The molecule has 0 saturated carbocycles. The van der Waals surface area contributed by atoms with Crippen molar-refractivity contribution in [1.82, 2.24) is 0 Å². The Kier molecular flexibility index (Phi) is 3.85. The summed E-state index contributed by atoms with van der Waals surface area (Å²) in [6.45, 7) is 6.32. The van der Waals surface area contributed by atoms with Crippen LogP contribution in [-0.2, 0) is 0 Å². The van der Waals surface area contributed by atoms with Crippen LogP contribution in [0.5, 0.6) is 0 Å². The largest absolute Gasteiger partial charge is 0.405 e. The van der Waals surface area contributed by atoms with E-state index in [1.54, 1.807) is 6.20 Å². The zero-order valence-corrected chi connectivity index (χ0v) is 6.44. The summed E-state index contributed by atoms with van der Waals surface area (Å²) in [7, 11) is 0. The van der Waals surface area contributed by atoms with Crippen molar-refractivity contribution < 1.29 is 0 Å². The number of rotatable bonds is 2. The molecule has 2 N–H and O–H groups in total. The Labute approximate surface area is 57.3 Å². The Bertz CT molecular complexity index is 128. The van der Waals surface area contributed by atoms with Crippen LogP contribution >= 0.6 is 0 Å². The second-order valence-corrected chi connectivity index (χ2v) is 2.24. The van der Waals surface area contributed by atoms with E-state index in [-0.39, 0.29) is 0 Å². The first-order valence-electron chi connectivity index (χ1n) is 3.27. The summed E-state index contributed by atoms with van der Waals surface area (Å²) in [6.07, 6.45) is 4.61. The summed E-state index contributed by atoms with van der Waals surface area (Å²) >= 11 is 0. The Balaban J connectivity index is 4.16. The molecule has 0 radical (unpaired) electrons. The Hall–Kier alpha value is -0.720. The molecule has 0 atom stereocenters. The van der Waals surface area contributed by atoms with Crippen LogP contribution in [0.4, 0.5) is 0 Å². The number of hydrogen-bond donors (Lipinski definition) is 1. The normalized spacial score (nSPS) is 10.1. The summed E-state index contributed by atoms with van der Waals surface area (Å²) in [6, 6.07) is 0. The number of hydrogen-bond acceptors (Lipinski definition) is 1. The van der Waals surface area contributed by atoms with E-state index < -0.39 is 0 Å². The minimum Gasteiger partial charge on any atom is -0.405 e. The molecule has 0 fully saturated rings. The molecule has 0 bridgehead atoms. The molecule has 1 heteroatoms. The van der Waals surface area contributed by atoms with Gasteiger partial charge in [-0.2, -0.15) is 0 Å². The number of allylic oxidation sites excluding steroid dienone is 3. The van der Waals surface area contributed by atoms with E-state index in [0.29, 0.717) is 0 Å². The van der Waals surface area contributed by atoms with Crippen LogP contribution in [0.2, 0.25) is 0 Å². The standard InChI is InChI=1S/C8H15N/c1-4-8(5-6-9)7(2)3/h5-6H,4,9H2,1-3H3/b6-5-. The van der Waals surface area contributed by atoms with Gasteiger partial charge in [0.25, 0.3) is 0 Å². The van der Waals surface area contributed by atoms with Crippen molar-refractivity contribution in [3.05, 3.63) is 23.4 Å². The van der Waals surface area contributed by atoms with Crippen LogP contribution in [0.15, 0.2) is 23.4 Å². The minimum absolute atomic E-state index is 1.07. The second-order valence-electron chi connectivity index (χ2n) is 2.24. The first kappa shape index (κ1) is 8.28. The molecule has 0 aromatic rings. The van der Waals surface area contributed by atoms with Crippen molar-refractivity contribution in [2.24, 2.45) is 5.73 Å². The second kappa shape index (κ2) is 4.19. The van der Waals surface area contributed by atoms with E-state index in [1.807, 2.05) is 6.08 Å². The Morgan fingerprint density at radius 3 is 2.11 bits per heavy atom. The van der Waals surface area contributed by atoms with Crippen LogP contribution in [-0.4, -0.2) is 0 Å². The molecule has 0 aliphatic carbocycles. The molecular weight excluding hydrogens is 110 g/mol. The molecule has 0 saturated heterocycles. The molecule has 0 spiro atoms. The molecule has 9 heavy (non-hydrogen) atoms. The highest BCUT2D eigenvalue weighted by Gasteiger charge is 1.87. The van der Waals surface area contributed by atoms with Gasteiger partial charge >= 0.3 is 0 Å². The molecule has 0 aliphatic rings. The Morgan fingerprint density at radius 2 is 2.00 bits per heavy atom. The molecular formula is C8H15N. The van der Waals surface area contributed by atoms with Crippen molar-refractivity contribution in [2.45, 2.75) is 27.2 Å². The van der Waals surface area contributed by atoms with Gasteiger partial charge in [-0.3, -0.25) is 0 Å². The SMILES string of the molecule is CCC(/C=C\N)=C(C)C.